The molecule has 0 aromatic carbocycles. The molecule has 134 valence electrons. The van der Waals surface area contributed by atoms with E-state index in [1.807, 2.05) is 0 Å². The Morgan fingerprint density at radius 2 is 1.46 bits per heavy atom. The van der Waals surface area contributed by atoms with Crippen LogP contribution in [-0.4, -0.2) is 31.1 Å². The van der Waals surface area contributed by atoms with Gasteiger partial charge < -0.3 is 15.2 Å². The summed E-state index contributed by atoms with van der Waals surface area (Å²) in [6.45, 7) is 3.44. The number of esters is 2. The topological polar surface area (TPSA) is 119 Å². The number of carbonyl (C=O) groups is 3. The molecule has 0 fully saturated rings. The summed E-state index contributed by atoms with van der Waals surface area (Å²) >= 11 is 0. The Balaban J connectivity index is 2.95. The molecule has 2 aliphatic rings. The molecule has 0 aromatic rings. The quantitative estimate of drug-likeness (QED) is 0.794. The molecule has 1 atom stereocenters. The highest BCUT2D eigenvalue weighted by atomic mass is 16.5. The summed E-state index contributed by atoms with van der Waals surface area (Å²) < 4.78 is 10.2. The zero-order chi connectivity index (χ0) is 19.3. The van der Waals surface area contributed by atoms with Gasteiger partial charge in [0.05, 0.1) is 30.4 Å². The fraction of sp³-hybridized carbons (Fsp3) is 0.263. The third kappa shape index (κ3) is 3.35. The Kier molecular flexibility index (Phi) is 5.91. The molecule has 0 saturated heterocycles. The molecule has 1 unspecified atom stereocenters. The number of carbonyl (C=O) groups excluding carboxylic acids is 3. The van der Waals surface area contributed by atoms with Gasteiger partial charge in [0.2, 0.25) is 5.91 Å². The maximum absolute atomic E-state index is 12.6. The molecule has 7 heteroatoms. The molecule has 0 saturated carbocycles. The lowest BCUT2D eigenvalue weighted by molar-refractivity contribution is -0.118. The van der Waals surface area contributed by atoms with Gasteiger partial charge in [0.25, 0.3) is 0 Å². The maximum Gasteiger partial charge on any atom is 0.339 e. The van der Waals surface area contributed by atoms with Crippen molar-refractivity contribution in [1.29, 1.82) is 5.26 Å². The largest absolute Gasteiger partial charge is 0.462 e. The predicted octanol–water partition coefficient (Wildman–Crippen LogP) is 2.24. The molecule has 2 rings (SSSR count). The van der Waals surface area contributed by atoms with Crippen LogP contribution in [0.3, 0.4) is 0 Å². The van der Waals surface area contributed by atoms with Crippen molar-refractivity contribution in [1.82, 2.24) is 0 Å². The van der Waals surface area contributed by atoms with Crippen molar-refractivity contribution < 1.29 is 23.9 Å². The first-order valence-electron chi connectivity index (χ1n) is 8.05. The molecule has 0 aliphatic heterocycles. The number of nitrogens with zero attached hydrogens (tertiary/aromatic N) is 1. The van der Waals surface area contributed by atoms with Gasteiger partial charge in [0.15, 0.2) is 5.92 Å². The minimum Gasteiger partial charge on any atom is -0.462 e. The average molecular weight is 354 g/mol. The molecule has 2 N–H and O–H groups in total. The van der Waals surface area contributed by atoms with Crippen LogP contribution in [0, 0.1) is 11.3 Å². The van der Waals surface area contributed by atoms with Crippen LogP contribution in [0.4, 0.5) is 0 Å². The number of nitrogens with two attached hydrogens (primary N) is 1. The monoisotopic (exact) mass is 354 g/mol. The summed E-state index contributed by atoms with van der Waals surface area (Å²) in [5.41, 5.74) is 6.00. The fourth-order valence-electron chi connectivity index (χ4n) is 2.80. The van der Waals surface area contributed by atoms with E-state index in [2.05, 4.69) is 0 Å². The lowest BCUT2D eigenvalue weighted by Crippen LogP contribution is -2.24. The minimum atomic E-state index is -1.49. The fourth-order valence-corrected chi connectivity index (χ4v) is 2.80. The van der Waals surface area contributed by atoms with E-state index < -0.39 is 23.8 Å². The molecule has 26 heavy (non-hydrogen) atoms. The van der Waals surface area contributed by atoms with Gasteiger partial charge >= 0.3 is 11.9 Å². The van der Waals surface area contributed by atoms with Gasteiger partial charge in [0, 0.05) is 5.56 Å². The average Bonchev–Trinajstić information content (AvgIpc) is 2.73. The Labute approximate surface area is 150 Å². The molecular weight excluding hydrogens is 336 g/mol. The number of ether oxygens (including phenoxy) is 2. The van der Waals surface area contributed by atoms with Crippen molar-refractivity contribution >= 4 is 17.8 Å². The second-order valence-corrected chi connectivity index (χ2v) is 5.31. The van der Waals surface area contributed by atoms with E-state index in [0.29, 0.717) is 11.1 Å². The zero-order valence-corrected chi connectivity index (χ0v) is 14.4. The van der Waals surface area contributed by atoms with E-state index in [0.717, 1.165) is 0 Å². The molecule has 0 bridgehead atoms. The van der Waals surface area contributed by atoms with E-state index in [-0.39, 0.29) is 29.9 Å². The highest BCUT2D eigenvalue weighted by molar-refractivity contribution is 6.12. The van der Waals surface area contributed by atoms with Crippen LogP contribution in [0.2, 0.25) is 0 Å². The van der Waals surface area contributed by atoms with Crippen molar-refractivity contribution in [2.24, 2.45) is 5.73 Å². The van der Waals surface area contributed by atoms with Gasteiger partial charge in [-0.2, -0.15) is 5.26 Å². The minimum absolute atomic E-state index is 0.0218. The summed E-state index contributed by atoms with van der Waals surface area (Å²) in [6.07, 6.45) is 0. The van der Waals surface area contributed by atoms with Crippen molar-refractivity contribution in [3.05, 3.63) is 47.0 Å². The van der Waals surface area contributed by atoms with Crippen LogP contribution in [0.15, 0.2) is 30.3 Å². The lowest BCUT2D eigenvalue weighted by atomic mass is 9.94. The number of amides is 1. The second kappa shape index (κ2) is 8.12. The third-order valence-corrected chi connectivity index (χ3v) is 3.78. The Bertz CT molecular complexity index is 816. The van der Waals surface area contributed by atoms with Crippen LogP contribution < -0.4 is 5.73 Å². The number of primary amides is 1. The standard InChI is InChI=1S/C19H18N2O5/c1-3-25-18(23)15-11-8-6-5-7-9-12(11)16(19(24)26-4-2)14(15)13(10-20)17(21)22/h5-9,13H,3-4H2,1-2H3,(H2,21,22). The van der Waals surface area contributed by atoms with Crippen LogP contribution >= 0.6 is 0 Å². The normalized spacial score (nSPS) is 11.4. The van der Waals surface area contributed by atoms with Crippen molar-refractivity contribution in [2.75, 3.05) is 13.2 Å². The number of fused-ring (bicyclic) bond motifs is 1. The van der Waals surface area contributed by atoms with E-state index in [1.54, 1.807) is 50.2 Å². The Morgan fingerprint density at radius 3 is 1.81 bits per heavy atom. The molecular formula is C19H18N2O5. The van der Waals surface area contributed by atoms with E-state index in [1.165, 1.54) is 0 Å². The molecule has 0 radical (unpaired) electrons. The summed E-state index contributed by atoms with van der Waals surface area (Å²) in [7, 11) is 0. The van der Waals surface area contributed by atoms with Gasteiger partial charge in [0.1, 0.15) is 0 Å². The van der Waals surface area contributed by atoms with E-state index in [4.69, 9.17) is 15.2 Å². The summed E-state index contributed by atoms with van der Waals surface area (Å²) in [4.78, 5) is 37.0. The van der Waals surface area contributed by atoms with Crippen LogP contribution in [0.5, 0.6) is 0 Å². The first-order valence-corrected chi connectivity index (χ1v) is 8.05. The number of hydrogen-bond donors (Lipinski definition) is 1. The highest BCUT2D eigenvalue weighted by Gasteiger charge is 2.37. The lowest BCUT2D eigenvalue weighted by Gasteiger charge is -2.10. The first kappa shape index (κ1) is 18.9. The molecule has 1 amide bonds. The maximum atomic E-state index is 12.6. The van der Waals surface area contributed by atoms with Crippen LogP contribution in [0.25, 0.3) is 11.1 Å². The molecule has 2 aliphatic carbocycles. The first-order chi connectivity index (χ1) is 12.5. The number of rotatable bonds is 6. The number of hydrogen-bond acceptors (Lipinski definition) is 6. The zero-order valence-electron chi connectivity index (χ0n) is 14.4. The van der Waals surface area contributed by atoms with Crippen LogP contribution in [-0.2, 0) is 14.3 Å². The van der Waals surface area contributed by atoms with E-state index >= 15 is 0 Å². The summed E-state index contributed by atoms with van der Waals surface area (Å²) in [5, 5.41) is 9.44. The predicted molar refractivity (Wildman–Crippen MR) is 92.5 cm³/mol. The molecule has 0 heterocycles. The summed E-state index contributed by atoms with van der Waals surface area (Å²) in [6, 6.07) is 10.1. The number of nitriles is 1. The van der Waals surface area contributed by atoms with Crippen molar-refractivity contribution in [2.45, 2.75) is 19.8 Å². The highest BCUT2D eigenvalue weighted by Crippen LogP contribution is 2.41. The second-order valence-electron chi connectivity index (χ2n) is 5.31. The third-order valence-electron chi connectivity index (χ3n) is 3.78. The Hall–Kier alpha value is -3.40. The van der Waals surface area contributed by atoms with Gasteiger partial charge in [-0.1, -0.05) is 30.3 Å². The summed E-state index contributed by atoms with van der Waals surface area (Å²) in [5.74, 6) is -3.94. The van der Waals surface area contributed by atoms with Crippen molar-refractivity contribution in [3.63, 3.8) is 0 Å². The molecule has 0 spiro atoms. The van der Waals surface area contributed by atoms with Gasteiger partial charge in [-0.25, -0.2) is 9.59 Å². The van der Waals surface area contributed by atoms with Crippen LogP contribution in [0.1, 0.15) is 46.0 Å². The van der Waals surface area contributed by atoms with Gasteiger partial charge in [-0.3, -0.25) is 4.79 Å². The van der Waals surface area contributed by atoms with Gasteiger partial charge in [-0.05, 0) is 25.0 Å². The molecule has 7 nitrogen and oxygen atoms in total. The Morgan fingerprint density at radius 1 is 1.00 bits per heavy atom. The van der Waals surface area contributed by atoms with Gasteiger partial charge in [-0.15, -0.1) is 0 Å². The van der Waals surface area contributed by atoms with E-state index in [9.17, 15) is 19.6 Å². The van der Waals surface area contributed by atoms with Crippen molar-refractivity contribution in [3.8, 4) is 17.2 Å². The smallest absolute Gasteiger partial charge is 0.339 e. The SMILES string of the molecule is CCOC(=O)c1c2cccccc-2c(C(=O)OCC)c1C(C#N)C(N)=O. The molecule has 0 aromatic heterocycles.